The molecule has 1 amide bonds. The molecule has 6 nitrogen and oxygen atoms in total. The summed E-state index contributed by atoms with van der Waals surface area (Å²) < 4.78 is 5.77. The zero-order valence-electron chi connectivity index (χ0n) is 13.7. The second kappa shape index (κ2) is 7.67. The molecule has 1 fully saturated rings. The number of thioether (sulfide) groups is 1. The highest BCUT2D eigenvalue weighted by Crippen LogP contribution is 2.37. The Bertz CT molecular complexity index is 910. The van der Waals surface area contributed by atoms with Gasteiger partial charge in [0.05, 0.1) is 27.7 Å². The van der Waals surface area contributed by atoms with Crippen LogP contribution in [0.1, 0.15) is 12.5 Å². The number of rotatable bonds is 5. The first-order chi connectivity index (χ1) is 12.5. The fraction of sp³-hybridized carbons (Fsp3) is 0.111. The number of hydrogen-bond donors (Lipinski definition) is 0. The van der Waals surface area contributed by atoms with Crippen molar-refractivity contribution in [2.75, 3.05) is 11.5 Å². The Kier molecular flexibility index (Phi) is 5.34. The molecule has 1 aliphatic heterocycles. The Morgan fingerprint density at radius 3 is 2.58 bits per heavy atom. The largest absolute Gasteiger partial charge is 0.494 e. The smallest absolute Gasteiger partial charge is 0.276 e. The summed E-state index contributed by atoms with van der Waals surface area (Å²) in [6, 6.07) is 13.3. The molecule has 3 rings (SSSR count). The molecule has 0 saturated carbocycles. The quantitative estimate of drug-likeness (QED) is 0.328. The number of benzene rings is 2. The van der Waals surface area contributed by atoms with Gasteiger partial charge in [-0.1, -0.05) is 36.1 Å². The minimum Gasteiger partial charge on any atom is -0.494 e. The molecule has 8 heteroatoms. The number of nitro groups is 1. The lowest BCUT2D eigenvalue weighted by Crippen LogP contribution is -2.27. The summed E-state index contributed by atoms with van der Waals surface area (Å²) in [6.45, 7) is 2.45. The summed E-state index contributed by atoms with van der Waals surface area (Å²) in [5.74, 6) is 0.402. The fourth-order valence-electron chi connectivity index (χ4n) is 2.47. The summed E-state index contributed by atoms with van der Waals surface area (Å²) in [7, 11) is 0. The molecule has 0 aromatic heterocycles. The van der Waals surface area contributed by atoms with Crippen LogP contribution in [0.3, 0.4) is 0 Å². The van der Waals surface area contributed by atoms with Crippen molar-refractivity contribution in [3.63, 3.8) is 0 Å². The number of amides is 1. The van der Waals surface area contributed by atoms with Gasteiger partial charge >= 0.3 is 0 Å². The maximum Gasteiger partial charge on any atom is 0.276 e. The minimum absolute atomic E-state index is 0.0566. The maximum atomic E-state index is 12.8. The van der Waals surface area contributed by atoms with Gasteiger partial charge in [-0.05, 0) is 43.3 Å². The number of ether oxygens (including phenoxy) is 1. The number of nitro benzene ring substituents is 1. The number of para-hydroxylation sites is 1. The van der Waals surface area contributed by atoms with E-state index in [0.717, 1.165) is 11.8 Å². The van der Waals surface area contributed by atoms with Gasteiger partial charge in [0.1, 0.15) is 5.75 Å². The van der Waals surface area contributed by atoms with Crippen molar-refractivity contribution in [3.05, 3.63) is 69.1 Å². The van der Waals surface area contributed by atoms with Crippen LogP contribution in [0, 0.1) is 10.1 Å². The van der Waals surface area contributed by atoms with Crippen LogP contribution in [0.15, 0.2) is 53.4 Å². The van der Waals surface area contributed by atoms with Gasteiger partial charge in [-0.25, -0.2) is 0 Å². The zero-order chi connectivity index (χ0) is 18.7. The van der Waals surface area contributed by atoms with Crippen LogP contribution in [0.4, 0.5) is 11.4 Å². The molecule has 1 aliphatic rings. The highest BCUT2D eigenvalue weighted by Gasteiger charge is 2.33. The molecule has 0 spiro atoms. The van der Waals surface area contributed by atoms with Gasteiger partial charge < -0.3 is 4.74 Å². The molecular formula is C18H14N2O4S2. The van der Waals surface area contributed by atoms with E-state index in [9.17, 15) is 14.9 Å². The summed E-state index contributed by atoms with van der Waals surface area (Å²) >= 11 is 6.44. The highest BCUT2D eigenvalue weighted by molar-refractivity contribution is 8.27. The first-order valence-corrected chi connectivity index (χ1v) is 8.98. The third-order valence-electron chi connectivity index (χ3n) is 3.62. The number of thiocarbonyl (C=S) groups is 1. The summed E-state index contributed by atoms with van der Waals surface area (Å²) in [6.07, 6.45) is 1.51. The lowest BCUT2D eigenvalue weighted by molar-refractivity contribution is -0.385. The van der Waals surface area contributed by atoms with E-state index in [2.05, 4.69) is 0 Å². The van der Waals surface area contributed by atoms with E-state index in [1.807, 2.05) is 6.92 Å². The second-order valence-electron chi connectivity index (χ2n) is 5.26. The van der Waals surface area contributed by atoms with E-state index >= 15 is 0 Å². The lowest BCUT2D eigenvalue weighted by atomic mass is 10.1. The molecule has 1 saturated heterocycles. The SMILES string of the molecule is CCOc1ccc(N2C(=O)/C(=C/c3ccccc3[N+](=O)[O-])SC2=S)cc1. The van der Waals surface area contributed by atoms with Gasteiger partial charge in [-0.2, -0.15) is 0 Å². The molecule has 0 bridgehead atoms. The Labute approximate surface area is 159 Å². The summed E-state index contributed by atoms with van der Waals surface area (Å²) in [5.41, 5.74) is 0.936. The Hall–Kier alpha value is -2.71. The molecule has 0 N–H and O–H groups in total. The third kappa shape index (κ3) is 3.61. The molecule has 132 valence electrons. The Morgan fingerprint density at radius 1 is 1.23 bits per heavy atom. The number of hydrogen-bond acceptors (Lipinski definition) is 6. The van der Waals surface area contributed by atoms with Gasteiger partial charge in [0.25, 0.3) is 11.6 Å². The summed E-state index contributed by atoms with van der Waals surface area (Å²) in [5, 5.41) is 11.1. The van der Waals surface area contributed by atoms with E-state index in [1.54, 1.807) is 42.5 Å². The molecular weight excluding hydrogens is 372 g/mol. The molecule has 0 unspecified atom stereocenters. The summed E-state index contributed by atoms with van der Waals surface area (Å²) in [4.78, 5) is 25.2. The van der Waals surface area contributed by atoms with Gasteiger partial charge in [0.15, 0.2) is 4.32 Å². The van der Waals surface area contributed by atoms with Crippen molar-refractivity contribution < 1.29 is 14.5 Å². The lowest BCUT2D eigenvalue weighted by Gasteiger charge is -2.15. The van der Waals surface area contributed by atoms with Gasteiger partial charge in [-0.3, -0.25) is 19.8 Å². The van der Waals surface area contributed by atoms with E-state index < -0.39 is 4.92 Å². The van der Waals surface area contributed by atoms with Crippen molar-refractivity contribution >= 4 is 51.7 Å². The standard InChI is InChI=1S/C18H14N2O4S2/c1-2-24-14-9-7-13(8-10-14)19-17(21)16(26-18(19)25)11-12-5-3-4-6-15(12)20(22)23/h3-11H,2H2,1H3/b16-11-. The van der Waals surface area contributed by atoms with E-state index in [1.165, 1.54) is 17.0 Å². The van der Waals surface area contributed by atoms with Crippen LogP contribution in [-0.2, 0) is 4.79 Å². The van der Waals surface area contributed by atoms with Gasteiger partial charge in [0, 0.05) is 6.07 Å². The molecule has 0 aliphatic carbocycles. The molecule has 0 atom stereocenters. The van der Waals surface area contributed by atoms with Crippen LogP contribution >= 0.6 is 24.0 Å². The Balaban J connectivity index is 1.91. The van der Waals surface area contributed by atoms with Crippen molar-refractivity contribution in [1.29, 1.82) is 0 Å². The van der Waals surface area contributed by atoms with Gasteiger partial charge in [-0.15, -0.1) is 0 Å². The predicted octanol–water partition coefficient (Wildman–Crippen LogP) is 4.40. The average molecular weight is 386 g/mol. The average Bonchev–Trinajstić information content (AvgIpc) is 2.90. The van der Waals surface area contributed by atoms with Crippen molar-refractivity contribution in [1.82, 2.24) is 0 Å². The Morgan fingerprint density at radius 2 is 1.92 bits per heavy atom. The highest BCUT2D eigenvalue weighted by atomic mass is 32.2. The van der Waals surface area contributed by atoms with E-state index in [4.69, 9.17) is 17.0 Å². The van der Waals surface area contributed by atoms with Crippen molar-refractivity contribution in [3.8, 4) is 5.75 Å². The van der Waals surface area contributed by atoms with Crippen LogP contribution < -0.4 is 9.64 Å². The molecule has 2 aromatic carbocycles. The fourth-order valence-corrected chi connectivity index (χ4v) is 3.76. The first-order valence-electron chi connectivity index (χ1n) is 7.75. The van der Waals surface area contributed by atoms with Crippen LogP contribution in [-0.4, -0.2) is 21.8 Å². The molecule has 0 radical (unpaired) electrons. The monoisotopic (exact) mass is 386 g/mol. The normalized spacial score (nSPS) is 15.6. The van der Waals surface area contributed by atoms with Crippen molar-refractivity contribution in [2.24, 2.45) is 0 Å². The first kappa shape index (κ1) is 18.1. The van der Waals surface area contributed by atoms with E-state index in [-0.39, 0.29) is 11.6 Å². The van der Waals surface area contributed by atoms with Crippen LogP contribution in [0.25, 0.3) is 6.08 Å². The van der Waals surface area contributed by atoms with Crippen molar-refractivity contribution in [2.45, 2.75) is 6.92 Å². The molecule has 26 heavy (non-hydrogen) atoms. The second-order valence-corrected chi connectivity index (χ2v) is 6.94. The van der Waals surface area contributed by atoms with Gasteiger partial charge in [0.2, 0.25) is 0 Å². The van der Waals surface area contributed by atoms with Crippen LogP contribution in [0.2, 0.25) is 0 Å². The number of anilines is 1. The van der Waals surface area contributed by atoms with Crippen LogP contribution in [0.5, 0.6) is 5.75 Å². The number of nitrogens with zero attached hydrogens (tertiary/aromatic N) is 2. The number of carbonyl (C=O) groups excluding carboxylic acids is 1. The molecule has 1 heterocycles. The maximum absolute atomic E-state index is 12.8. The number of carbonyl (C=O) groups is 1. The minimum atomic E-state index is -0.473. The van der Waals surface area contributed by atoms with E-state index in [0.29, 0.717) is 32.8 Å². The topological polar surface area (TPSA) is 72.7 Å². The third-order valence-corrected chi connectivity index (χ3v) is 4.92. The molecule has 2 aromatic rings. The predicted molar refractivity (Wildman–Crippen MR) is 106 cm³/mol. The zero-order valence-corrected chi connectivity index (χ0v) is 15.4.